The molecule has 8 heteroatoms. The van der Waals surface area contributed by atoms with Crippen LogP contribution in [-0.2, 0) is 14.4 Å². The Morgan fingerprint density at radius 3 is 2.60 bits per heavy atom. The Kier molecular flexibility index (Phi) is 6.24. The van der Waals surface area contributed by atoms with Gasteiger partial charge in [-0.25, -0.2) is 0 Å². The summed E-state index contributed by atoms with van der Waals surface area (Å²) in [6, 6.07) is 3.10. The second-order valence-corrected chi connectivity index (χ2v) is 10.7. The zero-order chi connectivity index (χ0) is 21.5. The second-order valence-electron chi connectivity index (χ2n) is 8.93. The fourth-order valence-electron chi connectivity index (χ4n) is 5.66. The van der Waals surface area contributed by atoms with Crippen molar-refractivity contribution in [1.82, 2.24) is 10.2 Å². The molecule has 4 atom stereocenters. The van der Waals surface area contributed by atoms with E-state index in [1.54, 1.807) is 6.07 Å². The molecule has 1 aromatic heterocycles. The van der Waals surface area contributed by atoms with Crippen molar-refractivity contribution in [3.8, 4) is 0 Å². The van der Waals surface area contributed by atoms with Crippen LogP contribution in [0.15, 0.2) is 12.1 Å². The molecule has 30 heavy (non-hydrogen) atoms. The fourth-order valence-corrected chi connectivity index (χ4v) is 6.82. The molecule has 0 radical (unpaired) electrons. The average molecular weight is 453 g/mol. The third-order valence-corrected chi connectivity index (χ3v) is 8.41. The third kappa shape index (κ3) is 3.59. The van der Waals surface area contributed by atoms with Crippen molar-refractivity contribution in [2.75, 3.05) is 6.54 Å². The van der Waals surface area contributed by atoms with E-state index in [1.807, 2.05) is 13.0 Å². The molecular formula is C22H29ClN2O4S. The topological polar surface area (TPSA) is 86.7 Å². The van der Waals surface area contributed by atoms with E-state index in [-0.39, 0.29) is 17.7 Å². The fraction of sp³-hybridized carbons (Fsp3) is 0.682. The SMILES string of the molecule is CCCCN1C(=O)C2C(c3ccc(Cl)s3)NC(CC3CCCCC3)(C(=O)O)C2C1=O. The number of carbonyl (C=O) groups is 3. The van der Waals surface area contributed by atoms with Crippen LogP contribution in [0.3, 0.4) is 0 Å². The molecular weight excluding hydrogens is 424 g/mol. The van der Waals surface area contributed by atoms with E-state index in [0.29, 0.717) is 17.3 Å². The van der Waals surface area contributed by atoms with Crippen molar-refractivity contribution in [2.24, 2.45) is 17.8 Å². The summed E-state index contributed by atoms with van der Waals surface area (Å²) >= 11 is 7.49. The van der Waals surface area contributed by atoms with E-state index < -0.39 is 29.4 Å². The van der Waals surface area contributed by atoms with Crippen molar-refractivity contribution >= 4 is 40.7 Å². The van der Waals surface area contributed by atoms with Gasteiger partial charge in [-0.05, 0) is 30.9 Å². The van der Waals surface area contributed by atoms with Crippen LogP contribution in [0, 0.1) is 17.8 Å². The molecule has 2 N–H and O–H groups in total. The summed E-state index contributed by atoms with van der Waals surface area (Å²) in [5.41, 5.74) is -1.42. The summed E-state index contributed by atoms with van der Waals surface area (Å²) in [6.07, 6.45) is 7.29. The number of nitrogens with one attached hydrogen (secondary N) is 1. The van der Waals surface area contributed by atoms with Gasteiger partial charge in [-0.15, -0.1) is 11.3 Å². The van der Waals surface area contributed by atoms with Crippen LogP contribution in [0.5, 0.6) is 0 Å². The van der Waals surface area contributed by atoms with Gasteiger partial charge >= 0.3 is 5.97 Å². The summed E-state index contributed by atoms with van der Waals surface area (Å²) in [7, 11) is 0. The third-order valence-electron chi connectivity index (χ3n) is 7.10. The predicted molar refractivity (Wildman–Crippen MR) is 115 cm³/mol. The van der Waals surface area contributed by atoms with Crippen LogP contribution in [0.25, 0.3) is 0 Å². The minimum atomic E-state index is -1.42. The quantitative estimate of drug-likeness (QED) is 0.604. The molecule has 2 saturated heterocycles. The molecule has 1 saturated carbocycles. The van der Waals surface area contributed by atoms with E-state index >= 15 is 0 Å². The van der Waals surface area contributed by atoms with Gasteiger partial charge in [0.2, 0.25) is 11.8 Å². The summed E-state index contributed by atoms with van der Waals surface area (Å²) in [5.74, 6) is -2.90. The van der Waals surface area contributed by atoms with Gasteiger partial charge in [-0.3, -0.25) is 24.6 Å². The molecule has 3 heterocycles. The number of unbranched alkanes of at least 4 members (excludes halogenated alkanes) is 1. The standard InChI is InChI=1S/C22H29ClN2O4S/c1-2-3-11-25-19(26)16-17(20(25)27)22(21(28)29,12-13-7-5-4-6-8-13)24-18(16)14-9-10-15(23)30-14/h9-10,13,16-18,24H,2-8,11-12H2,1H3,(H,28,29). The van der Waals surface area contributed by atoms with Crippen LogP contribution in [0.2, 0.25) is 4.34 Å². The number of carbonyl (C=O) groups excluding carboxylic acids is 2. The highest BCUT2D eigenvalue weighted by Crippen LogP contribution is 2.53. The number of fused-ring (bicyclic) bond motifs is 1. The number of halogens is 1. The lowest BCUT2D eigenvalue weighted by molar-refractivity contribution is -0.152. The molecule has 1 aliphatic carbocycles. The molecule has 3 fully saturated rings. The monoisotopic (exact) mass is 452 g/mol. The maximum absolute atomic E-state index is 13.4. The highest BCUT2D eigenvalue weighted by atomic mass is 35.5. The molecule has 4 unspecified atom stereocenters. The van der Waals surface area contributed by atoms with E-state index in [4.69, 9.17) is 11.6 Å². The average Bonchev–Trinajstić information content (AvgIpc) is 3.37. The number of imide groups is 1. The Labute approximate surface area is 186 Å². The Morgan fingerprint density at radius 2 is 2.00 bits per heavy atom. The molecule has 164 valence electrons. The van der Waals surface area contributed by atoms with Crippen molar-refractivity contribution in [3.63, 3.8) is 0 Å². The smallest absolute Gasteiger partial charge is 0.324 e. The number of nitrogens with zero attached hydrogens (tertiary/aromatic N) is 1. The minimum Gasteiger partial charge on any atom is -0.480 e. The largest absolute Gasteiger partial charge is 0.480 e. The number of likely N-dealkylation sites (tertiary alicyclic amines) is 1. The van der Waals surface area contributed by atoms with Crippen LogP contribution in [0.1, 0.15) is 69.2 Å². The van der Waals surface area contributed by atoms with E-state index in [1.165, 1.54) is 22.7 Å². The van der Waals surface area contributed by atoms with Gasteiger partial charge in [0, 0.05) is 11.4 Å². The first-order chi connectivity index (χ1) is 14.4. The van der Waals surface area contributed by atoms with Crippen molar-refractivity contribution in [2.45, 2.75) is 69.9 Å². The van der Waals surface area contributed by atoms with Gasteiger partial charge < -0.3 is 5.11 Å². The number of aliphatic carboxylic acids is 1. The lowest BCUT2D eigenvalue weighted by atomic mass is 9.72. The van der Waals surface area contributed by atoms with Crippen LogP contribution in [-0.4, -0.2) is 39.9 Å². The molecule has 4 rings (SSSR count). The molecule has 6 nitrogen and oxygen atoms in total. The lowest BCUT2D eigenvalue weighted by Crippen LogP contribution is -2.56. The van der Waals surface area contributed by atoms with Gasteiger partial charge in [-0.2, -0.15) is 0 Å². The molecule has 2 aliphatic heterocycles. The number of amides is 2. The number of carboxylic acids is 1. The molecule has 0 bridgehead atoms. The summed E-state index contributed by atoms with van der Waals surface area (Å²) in [4.78, 5) is 41.6. The van der Waals surface area contributed by atoms with E-state index in [0.717, 1.165) is 43.4 Å². The van der Waals surface area contributed by atoms with Gasteiger partial charge in [-0.1, -0.05) is 57.0 Å². The van der Waals surface area contributed by atoms with Gasteiger partial charge in [0.1, 0.15) is 5.54 Å². The number of hydrogen-bond acceptors (Lipinski definition) is 5. The van der Waals surface area contributed by atoms with Crippen molar-refractivity contribution < 1.29 is 19.5 Å². The van der Waals surface area contributed by atoms with Gasteiger partial charge in [0.25, 0.3) is 0 Å². The summed E-state index contributed by atoms with van der Waals surface area (Å²) in [6.45, 7) is 2.37. The first-order valence-corrected chi connectivity index (χ1v) is 12.2. The molecule has 2 amide bonds. The number of rotatable bonds is 7. The van der Waals surface area contributed by atoms with Gasteiger partial charge in [0.15, 0.2) is 0 Å². The number of thiophene rings is 1. The van der Waals surface area contributed by atoms with E-state index in [9.17, 15) is 19.5 Å². The highest BCUT2D eigenvalue weighted by molar-refractivity contribution is 7.16. The van der Waals surface area contributed by atoms with Crippen molar-refractivity contribution in [3.05, 3.63) is 21.3 Å². The maximum atomic E-state index is 13.4. The minimum absolute atomic E-state index is 0.243. The summed E-state index contributed by atoms with van der Waals surface area (Å²) in [5, 5.41) is 13.7. The Hall–Kier alpha value is -1.44. The second kappa shape index (κ2) is 8.60. The zero-order valence-corrected chi connectivity index (χ0v) is 18.8. The highest BCUT2D eigenvalue weighted by Gasteiger charge is 2.68. The number of carboxylic acid groups (broad SMARTS) is 1. The molecule has 0 aromatic carbocycles. The van der Waals surface area contributed by atoms with Crippen LogP contribution >= 0.6 is 22.9 Å². The Bertz CT molecular complexity index is 837. The molecule has 3 aliphatic rings. The first-order valence-electron chi connectivity index (χ1n) is 11.0. The van der Waals surface area contributed by atoms with Crippen LogP contribution < -0.4 is 5.32 Å². The van der Waals surface area contributed by atoms with Crippen LogP contribution in [0.4, 0.5) is 0 Å². The van der Waals surface area contributed by atoms with Gasteiger partial charge in [0.05, 0.1) is 22.2 Å². The molecule has 1 aromatic rings. The number of hydrogen-bond donors (Lipinski definition) is 2. The lowest BCUT2D eigenvalue weighted by Gasteiger charge is -2.35. The Morgan fingerprint density at radius 1 is 1.27 bits per heavy atom. The zero-order valence-electron chi connectivity index (χ0n) is 17.2. The Balaban J connectivity index is 1.74. The maximum Gasteiger partial charge on any atom is 0.324 e. The summed E-state index contributed by atoms with van der Waals surface area (Å²) < 4.78 is 0.586. The van der Waals surface area contributed by atoms with E-state index in [2.05, 4.69) is 5.32 Å². The normalized spacial score (nSPS) is 32.1. The van der Waals surface area contributed by atoms with Crippen molar-refractivity contribution in [1.29, 1.82) is 0 Å². The predicted octanol–water partition coefficient (Wildman–Crippen LogP) is 4.24. The molecule has 0 spiro atoms. The first kappa shape index (κ1) is 21.8.